The highest BCUT2D eigenvalue weighted by Gasteiger charge is 2.25. The lowest BCUT2D eigenvalue weighted by molar-refractivity contribution is 0.0712. The fourth-order valence-electron chi connectivity index (χ4n) is 4.52. The molecular weight excluding hydrogens is 464 g/mol. The van der Waals surface area contributed by atoms with Crippen molar-refractivity contribution in [1.29, 1.82) is 0 Å². The highest BCUT2D eigenvalue weighted by molar-refractivity contribution is 7.09. The molecule has 4 heterocycles. The predicted octanol–water partition coefficient (Wildman–Crippen LogP) is 5.05. The molecule has 0 unspecified atom stereocenters. The lowest BCUT2D eigenvalue weighted by Crippen LogP contribution is -2.31. The summed E-state index contributed by atoms with van der Waals surface area (Å²) < 4.78 is 16.8. The standard InChI is InChI=1S/C26H28N4O4S/c1-17-27-21(16-35-17)26(31)30(15-19-7-6-12-34-19)14-18-13-20-22(32-2)8-9-23(33-3)24(20)28-25(18)29-10-4-5-11-29/h6-9,12-13,16H,4-5,10-11,14-15H2,1-3H3. The number of nitrogens with zero attached hydrogens (tertiary/aromatic N) is 4. The first-order chi connectivity index (χ1) is 17.1. The molecule has 5 rings (SSSR count). The normalized spacial score (nSPS) is 13.4. The molecule has 3 aromatic heterocycles. The summed E-state index contributed by atoms with van der Waals surface area (Å²) in [6, 6.07) is 9.53. The van der Waals surface area contributed by atoms with Gasteiger partial charge in [0.15, 0.2) is 0 Å². The number of methoxy groups -OCH3 is 2. The molecule has 0 N–H and O–H groups in total. The SMILES string of the molecule is COc1ccc(OC)c2nc(N3CCCC3)c(CN(Cc3ccco3)C(=O)c3csc(C)n3)cc12. The Hall–Kier alpha value is -3.59. The van der Waals surface area contributed by atoms with Gasteiger partial charge in [-0.3, -0.25) is 4.79 Å². The first-order valence-corrected chi connectivity index (χ1v) is 12.5. The highest BCUT2D eigenvalue weighted by atomic mass is 32.1. The zero-order valence-electron chi connectivity index (χ0n) is 20.1. The number of aromatic nitrogens is 2. The molecule has 35 heavy (non-hydrogen) atoms. The lowest BCUT2D eigenvalue weighted by Gasteiger charge is -2.26. The molecular formula is C26H28N4O4S. The monoisotopic (exact) mass is 492 g/mol. The van der Waals surface area contributed by atoms with E-state index in [0.29, 0.717) is 36.0 Å². The van der Waals surface area contributed by atoms with Gasteiger partial charge < -0.3 is 23.7 Å². The number of amides is 1. The minimum atomic E-state index is -0.143. The molecule has 0 saturated carbocycles. The van der Waals surface area contributed by atoms with Crippen molar-refractivity contribution < 1.29 is 18.7 Å². The van der Waals surface area contributed by atoms with E-state index < -0.39 is 0 Å². The van der Waals surface area contributed by atoms with E-state index in [1.165, 1.54) is 11.3 Å². The van der Waals surface area contributed by atoms with Crippen LogP contribution in [-0.2, 0) is 13.1 Å². The van der Waals surface area contributed by atoms with Crippen LogP contribution in [0.5, 0.6) is 11.5 Å². The third-order valence-electron chi connectivity index (χ3n) is 6.22. The van der Waals surface area contributed by atoms with Gasteiger partial charge in [0, 0.05) is 29.4 Å². The van der Waals surface area contributed by atoms with Crippen molar-refractivity contribution in [3.8, 4) is 11.5 Å². The number of furan rings is 1. The number of fused-ring (bicyclic) bond motifs is 1. The quantitative estimate of drug-likeness (QED) is 0.340. The van der Waals surface area contributed by atoms with Gasteiger partial charge in [-0.25, -0.2) is 9.97 Å². The van der Waals surface area contributed by atoms with E-state index in [-0.39, 0.29) is 5.91 Å². The van der Waals surface area contributed by atoms with Gasteiger partial charge in [0.25, 0.3) is 5.91 Å². The van der Waals surface area contributed by atoms with Crippen LogP contribution in [0.3, 0.4) is 0 Å². The number of ether oxygens (including phenoxy) is 2. The minimum absolute atomic E-state index is 0.143. The Bertz CT molecular complexity index is 1330. The molecule has 0 bridgehead atoms. The largest absolute Gasteiger partial charge is 0.496 e. The van der Waals surface area contributed by atoms with Crippen molar-refractivity contribution in [1.82, 2.24) is 14.9 Å². The van der Waals surface area contributed by atoms with Gasteiger partial charge in [-0.15, -0.1) is 11.3 Å². The van der Waals surface area contributed by atoms with Crippen molar-refractivity contribution in [2.45, 2.75) is 32.9 Å². The van der Waals surface area contributed by atoms with E-state index in [9.17, 15) is 4.79 Å². The minimum Gasteiger partial charge on any atom is -0.496 e. The van der Waals surface area contributed by atoms with Gasteiger partial charge in [0.2, 0.25) is 0 Å². The molecule has 0 spiro atoms. The van der Waals surface area contributed by atoms with Crippen LogP contribution in [0.1, 0.15) is 39.7 Å². The van der Waals surface area contributed by atoms with Crippen LogP contribution >= 0.6 is 11.3 Å². The first-order valence-electron chi connectivity index (χ1n) is 11.6. The summed E-state index contributed by atoms with van der Waals surface area (Å²) in [6.45, 7) is 4.43. The predicted molar refractivity (Wildman–Crippen MR) is 135 cm³/mol. The molecule has 1 amide bonds. The Morgan fingerprint density at radius 2 is 1.89 bits per heavy atom. The molecule has 1 saturated heterocycles. The maximum absolute atomic E-state index is 13.6. The van der Waals surface area contributed by atoms with E-state index in [1.807, 2.05) is 31.2 Å². The van der Waals surface area contributed by atoms with Crippen molar-refractivity contribution >= 4 is 34.0 Å². The second kappa shape index (κ2) is 9.95. The topological polar surface area (TPSA) is 80.9 Å². The maximum Gasteiger partial charge on any atom is 0.274 e. The Morgan fingerprint density at radius 1 is 1.11 bits per heavy atom. The number of carbonyl (C=O) groups excluding carboxylic acids is 1. The average Bonchev–Trinajstić information content (AvgIpc) is 3.65. The van der Waals surface area contributed by atoms with Gasteiger partial charge in [0.1, 0.15) is 34.3 Å². The van der Waals surface area contributed by atoms with Crippen LogP contribution in [-0.4, -0.2) is 48.1 Å². The van der Waals surface area contributed by atoms with E-state index in [1.54, 1.807) is 30.8 Å². The summed E-state index contributed by atoms with van der Waals surface area (Å²) in [5.41, 5.74) is 2.13. The fraction of sp³-hybridized carbons (Fsp3) is 0.346. The number of hydrogen-bond acceptors (Lipinski definition) is 8. The van der Waals surface area contributed by atoms with Crippen LogP contribution in [0, 0.1) is 6.92 Å². The van der Waals surface area contributed by atoms with Crippen molar-refractivity contribution in [3.05, 3.63) is 64.0 Å². The van der Waals surface area contributed by atoms with E-state index >= 15 is 0 Å². The maximum atomic E-state index is 13.6. The van der Waals surface area contributed by atoms with Gasteiger partial charge >= 0.3 is 0 Å². The summed E-state index contributed by atoms with van der Waals surface area (Å²) in [5.74, 6) is 2.83. The van der Waals surface area contributed by atoms with Crippen molar-refractivity contribution in [3.63, 3.8) is 0 Å². The van der Waals surface area contributed by atoms with E-state index in [4.69, 9.17) is 18.9 Å². The Kier molecular flexibility index (Phi) is 6.59. The van der Waals surface area contributed by atoms with Crippen LogP contribution in [0.4, 0.5) is 5.82 Å². The molecule has 182 valence electrons. The Balaban J connectivity index is 1.61. The number of thiazole rings is 1. The molecule has 4 aromatic rings. The molecule has 1 aliphatic rings. The van der Waals surface area contributed by atoms with Crippen LogP contribution in [0.25, 0.3) is 10.9 Å². The molecule has 0 radical (unpaired) electrons. The third-order valence-corrected chi connectivity index (χ3v) is 7.00. The molecule has 1 fully saturated rings. The van der Waals surface area contributed by atoms with Crippen LogP contribution < -0.4 is 14.4 Å². The fourth-order valence-corrected chi connectivity index (χ4v) is 5.11. The highest BCUT2D eigenvalue weighted by Crippen LogP contribution is 2.37. The van der Waals surface area contributed by atoms with Crippen LogP contribution in [0.15, 0.2) is 46.4 Å². The summed E-state index contributed by atoms with van der Waals surface area (Å²) in [4.78, 5) is 27.1. The van der Waals surface area contributed by atoms with Gasteiger partial charge in [-0.2, -0.15) is 0 Å². The lowest BCUT2D eigenvalue weighted by atomic mass is 10.1. The Labute approximate surface area is 208 Å². The smallest absolute Gasteiger partial charge is 0.274 e. The summed E-state index contributed by atoms with van der Waals surface area (Å²) >= 11 is 1.47. The number of benzene rings is 1. The molecule has 1 aliphatic heterocycles. The number of rotatable bonds is 8. The molecule has 8 nitrogen and oxygen atoms in total. The second-order valence-corrected chi connectivity index (χ2v) is 9.59. The number of hydrogen-bond donors (Lipinski definition) is 0. The summed E-state index contributed by atoms with van der Waals surface area (Å²) in [5, 5.41) is 3.51. The zero-order chi connectivity index (χ0) is 24.4. The Morgan fingerprint density at radius 3 is 2.54 bits per heavy atom. The number of aryl methyl sites for hydroxylation is 1. The third kappa shape index (κ3) is 4.68. The van der Waals surface area contributed by atoms with Gasteiger partial charge in [0.05, 0.1) is 38.6 Å². The molecule has 0 atom stereocenters. The number of pyridine rings is 1. The number of carbonyl (C=O) groups is 1. The second-order valence-electron chi connectivity index (χ2n) is 8.52. The molecule has 9 heteroatoms. The zero-order valence-corrected chi connectivity index (χ0v) is 20.9. The van der Waals surface area contributed by atoms with E-state index in [0.717, 1.165) is 53.2 Å². The number of anilines is 1. The molecule has 1 aromatic carbocycles. The van der Waals surface area contributed by atoms with Crippen molar-refractivity contribution in [2.75, 3.05) is 32.2 Å². The van der Waals surface area contributed by atoms with Gasteiger partial charge in [-0.05, 0) is 50.1 Å². The van der Waals surface area contributed by atoms with Gasteiger partial charge in [-0.1, -0.05) is 0 Å². The van der Waals surface area contributed by atoms with Crippen molar-refractivity contribution in [2.24, 2.45) is 0 Å². The summed E-state index contributed by atoms with van der Waals surface area (Å²) in [6.07, 6.45) is 3.85. The molecule has 0 aliphatic carbocycles. The average molecular weight is 493 g/mol. The van der Waals surface area contributed by atoms with Crippen LogP contribution in [0.2, 0.25) is 0 Å². The first kappa shape index (κ1) is 23.2. The summed E-state index contributed by atoms with van der Waals surface area (Å²) in [7, 11) is 3.29. The van der Waals surface area contributed by atoms with E-state index in [2.05, 4.69) is 16.0 Å².